The summed E-state index contributed by atoms with van der Waals surface area (Å²) in [6.07, 6.45) is -1.66. The topological polar surface area (TPSA) is 115 Å². The van der Waals surface area contributed by atoms with Crippen LogP contribution >= 0.6 is 0 Å². The Morgan fingerprint density at radius 3 is 1.88 bits per heavy atom. The standard InChI is InChI=1S/C31H36N4O5/c1-23(36)34-29-27(17-18-33-35-32)40-28(22-37-19-24-11-5-2-6-12-24)30(38-20-25-13-7-3-8-14-25)31(29)39-21-26-15-9-4-10-16-26/h2-16,27-31H,17-22H2,1H3,(H,34,36)/t27-,28-,29+,30-,31-/m1/s1. The summed E-state index contributed by atoms with van der Waals surface area (Å²) < 4.78 is 25.7. The van der Waals surface area contributed by atoms with Crippen LogP contribution in [-0.2, 0) is 43.6 Å². The minimum absolute atomic E-state index is 0.212. The van der Waals surface area contributed by atoms with Crippen molar-refractivity contribution in [1.82, 2.24) is 5.32 Å². The Bertz CT molecular complexity index is 1210. The third-order valence-electron chi connectivity index (χ3n) is 6.71. The van der Waals surface area contributed by atoms with Gasteiger partial charge in [-0.05, 0) is 28.6 Å². The summed E-state index contributed by atoms with van der Waals surface area (Å²) in [6.45, 7) is 3.02. The SMILES string of the molecule is CC(=O)N[C@@H]1[C@@H](OCc2ccccc2)[C@H](OCc2ccccc2)[C@@H](COCc2ccccc2)O[C@@H]1CCN=[N+]=[N-]. The van der Waals surface area contributed by atoms with Crippen molar-refractivity contribution in [3.8, 4) is 0 Å². The van der Waals surface area contributed by atoms with Crippen LogP contribution < -0.4 is 5.32 Å². The molecule has 1 amide bonds. The molecule has 1 N–H and O–H groups in total. The molecule has 0 saturated carbocycles. The fourth-order valence-electron chi connectivity index (χ4n) is 4.84. The zero-order valence-corrected chi connectivity index (χ0v) is 22.7. The van der Waals surface area contributed by atoms with Gasteiger partial charge in [0.25, 0.3) is 0 Å². The van der Waals surface area contributed by atoms with Gasteiger partial charge in [0.15, 0.2) is 0 Å². The van der Waals surface area contributed by atoms with Gasteiger partial charge in [0.2, 0.25) is 5.91 Å². The second-order valence-corrected chi connectivity index (χ2v) is 9.71. The van der Waals surface area contributed by atoms with Crippen LogP contribution in [0.4, 0.5) is 0 Å². The molecule has 210 valence electrons. The van der Waals surface area contributed by atoms with Gasteiger partial charge in [-0.15, -0.1) is 0 Å². The van der Waals surface area contributed by atoms with Crippen LogP contribution in [-0.4, -0.2) is 49.5 Å². The third kappa shape index (κ3) is 8.91. The van der Waals surface area contributed by atoms with E-state index >= 15 is 0 Å². The van der Waals surface area contributed by atoms with Crippen LogP contribution in [0.2, 0.25) is 0 Å². The molecule has 1 saturated heterocycles. The largest absolute Gasteiger partial charge is 0.374 e. The third-order valence-corrected chi connectivity index (χ3v) is 6.71. The molecule has 1 aliphatic heterocycles. The second-order valence-electron chi connectivity index (χ2n) is 9.71. The molecule has 0 spiro atoms. The molecular weight excluding hydrogens is 508 g/mol. The van der Waals surface area contributed by atoms with Crippen molar-refractivity contribution < 1.29 is 23.7 Å². The highest BCUT2D eigenvalue weighted by Crippen LogP contribution is 2.30. The van der Waals surface area contributed by atoms with Crippen LogP contribution in [0.15, 0.2) is 96.1 Å². The van der Waals surface area contributed by atoms with Crippen LogP contribution in [0, 0.1) is 0 Å². The minimum Gasteiger partial charge on any atom is -0.374 e. The minimum atomic E-state index is -0.553. The van der Waals surface area contributed by atoms with E-state index in [1.807, 2.05) is 91.0 Å². The Morgan fingerprint density at radius 1 is 0.825 bits per heavy atom. The molecule has 3 aromatic rings. The summed E-state index contributed by atoms with van der Waals surface area (Å²) in [5.74, 6) is -0.212. The van der Waals surface area contributed by atoms with E-state index in [0.717, 1.165) is 16.7 Å². The van der Waals surface area contributed by atoms with Crippen LogP contribution in [0.25, 0.3) is 10.4 Å². The molecule has 0 aliphatic carbocycles. The van der Waals surface area contributed by atoms with Gasteiger partial charge in [0, 0.05) is 18.4 Å². The molecule has 0 radical (unpaired) electrons. The van der Waals surface area contributed by atoms with Crippen molar-refractivity contribution in [2.75, 3.05) is 13.2 Å². The van der Waals surface area contributed by atoms with Crippen molar-refractivity contribution in [3.63, 3.8) is 0 Å². The molecule has 0 bridgehead atoms. The molecule has 1 fully saturated rings. The number of carbonyl (C=O) groups is 1. The van der Waals surface area contributed by atoms with Gasteiger partial charge < -0.3 is 24.3 Å². The van der Waals surface area contributed by atoms with E-state index in [0.29, 0.717) is 26.2 Å². The Morgan fingerprint density at radius 2 is 1.35 bits per heavy atom. The molecule has 5 atom stereocenters. The van der Waals surface area contributed by atoms with E-state index in [9.17, 15) is 4.79 Å². The zero-order chi connectivity index (χ0) is 28.0. The summed E-state index contributed by atoms with van der Waals surface area (Å²) in [6, 6.07) is 29.1. The Balaban J connectivity index is 1.60. The lowest BCUT2D eigenvalue weighted by Crippen LogP contribution is -2.65. The molecule has 0 aromatic heterocycles. The van der Waals surface area contributed by atoms with Gasteiger partial charge in [0.1, 0.15) is 18.3 Å². The smallest absolute Gasteiger partial charge is 0.217 e. The number of hydrogen-bond donors (Lipinski definition) is 1. The van der Waals surface area contributed by atoms with E-state index in [1.54, 1.807) is 0 Å². The first-order chi connectivity index (χ1) is 19.6. The molecule has 0 unspecified atom stereocenters. The molecule has 40 heavy (non-hydrogen) atoms. The lowest BCUT2D eigenvalue weighted by atomic mass is 9.90. The Hall–Kier alpha value is -3.72. The molecular formula is C31H36N4O5. The molecule has 1 aliphatic rings. The monoisotopic (exact) mass is 544 g/mol. The number of amides is 1. The normalized spacial score (nSPS) is 22.3. The number of carbonyl (C=O) groups excluding carboxylic acids is 1. The van der Waals surface area contributed by atoms with Crippen molar-refractivity contribution in [1.29, 1.82) is 0 Å². The van der Waals surface area contributed by atoms with Crippen molar-refractivity contribution >= 4 is 5.91 Å². The molecule has 3 aromatic carbocycles. The zero-order valence-electron chi connectivity index (χ0n) is 22.7. The maximum absolute atomic E-state index is 12.3. The number of ether oxygens (including phenoxy) is 4. The van der Waals surface area contributed by atoms with Gasteiger partial charge in [-0.25, -0.2) is 0 Å². The number of rotatable bonds is 14. The van der Waals surface area contributed by atoms with Crippen molar-refractivity contribution in [2.45, 2.75) is 63.6 Å². The maximum atomic E-state index is 12.3. The average Bonchev–Trinajstić information content (AvgIpc) is 2.98. The van der Waals surface area contributed by atoms with Crippen LogP contribution in [0.5, 0.6) is 0 Å². The highest BCUT2D eigenvalue weighted by atomic mass is 16.6. The Labute approximate surface area is 235 Å². The molecule has 1 heterocycles. The number of hydrogen-bond acceptors (Lipinski definition) is 6. The number of azide groups is 1. The number of nitrogens with one attached hydrogen (secondary N) is 1. The fraction of sp³-hybridized carbons (Fsp3) is 0.387. The second kappa shape index (κ2) is 15.8. The van der Waals surface area contributed by atoms with E-state index in [-0.39, 0.29) is 19.1 Å². The number of nitrogens with zero attached hydrogens (tertiary/aromatic N) is 3. The maximum Gasteiger partial charge on any atom is 0.217 e. The Kier molecular flexibility index (Phi) is 11.5. The van der Waals surface area contributed by atoms with E-state index in [1.165, 1.54) is 6.92 Å². The van der Waals surface area contributed by atoms with Gasteiger partial charge in [-0.2, -0.15) is 0 Å². The van der Waals surface area contributed by atoms with E-state index < -0.39 is 30.5 Å². The summed E-state index contributed by atoms with van der Waals surface area (Å²) >= 11 is 0. The predicted molar refractivity (Wildman–Crippen MR) is 151 cm³/mol. The van der Waals surface area contributed by atoms with Crippen molar-refractivity contribution in [3.05, 3.63) is 118 Å². The number of benzene rings is 3. The predicted octanol–water partition coefficient (Wildman–Crippen LogP) is 5.35. The van der Waals surface area contributed by atoms with Crippen LogP contribution in [0.3, 0.4) is 0 Å². The van der Waals surface area contributed by atoms with Crippen LogP contribution in [0.1, 0.15) is 30.0 Å². The fourth-order valence-corrected chi connectivity index (χ4v) is 4.84. The lowest BCUT2D eigenvalue weighted by molar-refractivity contribution is -0.233. The summed E-state index contributed by atoms with van der Waals surface area (Å²) in [4.78, 5) is 15.2. The first kappa shape index (κ1) is 29.3. The first-order valence-corrected chi connectivity index (χ1v) is 13.5. The first-order valence-electron chi connectivity index (χ1n) is 13.5. The molecule has 9 nitrogen and oxygen atoms in total. The summed E-state index contributed by atoms with van der Waals surface area (Å²) in [5, 5.41) is 6.74. The average molecular weight is 545 g/mol. The highest BCUT2D eigenvalue weighted by Gasteiger charge is 2.47. The highest BCUT2D eigenvalue weighted by molar-refractivity contribution is 5.73. The molecule has 4 rings (SSSR count). The van der Waals surface area contributed by atoms with Gasteiger partial charge in [0.05, 0.1) is 38.6 Å². The van der Waals surface area contributed by atoms with Gasteiger partial charge in [-0.3, -0.25) is 4.79 Å². The quantitative estimate of drug-likeness (QED) is 0.167. The summed E-state index contributed by atoms with van der Waals surface area (Å²) in [5.41, 5.74) is 11.9. The van der Waals surface area contributed by atoms with Gasteiger partial charge >= 0.3 is 0 Å². The van der Waals surface area contributed by atoms with E-state index in [2.05, 4.69) is 15.3 Å². The lowest BCUT2D eigenvalue weighted by Gasteiger charge is -2.46. The molecule has 9 heteroatoms. The van der Waals surface area contributed by atoms with E-state index in [4.69, 9.17) is 24.5 Å². The van der Waals surface area contributed by atoms with Crippen molar-refractivity contribution in [2.24, 2.45) is 5.11 Å². The summed E-state index contributed by atoms with van der Waals surface area (Å²) in [7, 11) is 0. The van der Waals surface area contributed by atoms with Gasteiger partial charge in [-0.1, -0.05) is 96.1 Å².